The number of carboxylic acids is 1. The summed E-state index contributed by atoms with van der Waals surface area (Å²) in [4.78, 5) is 11.0. The first-order valence-corrected chi connectivity index (χ1v) is 8.56. The Kier molecular flexibility index (Phi) is 5.97. The number of aliphatic carboxylic acids is 1. The lowest BCUT2D eigenvalue weighted by molar-refractivity contribution is -0.137. The van der Waals surface area contributed by atoms with Gasteiger partial charge in [0.2, 0.25) is 0 Å². The Labute approximate surface area is 121 Å². The van der Waals surface area contributed by atoms with Gasteiger partial charge in [0.1, 0.15) is 6.54 Å². The van der Waals surface area contributed by atoms with Crippen molar-refractivity contribution in [2.45, 2.75) is 46.6 Å². The third-order valence-corrected chi connectivity index (χ3v) is 5.86. The van der Waals surface area contributed by atoms with Crippen molar-refractivity contribution < 1.29 is 18.3 Å². The predicted octanol–water partition coefficient (Wildman–Crippen LogP) is 1.39. The molecule has 118 valence electrons. The van der Waals surface area contributed by atoms with Crippen molar-refractivity contribution in [3.05, 3.63) is 0 Å². The molecule has 0 bridgehead atoms. The molecule has 6 nitrogen and oxygen atoms in total. The van der Waals surface area contributed by atoms with Gasteiger partial charge in [-0.2, -0.15) is 17.0 Å². The highest BCUT2D eigenvalue weighted by Gasteiger charge is 2.37. The molecule has 0 radical (unpaired) electrons. The van der Waals surface area contributed by atoms with Gasteiger partial charge in [0.05, 0.1) is 0 Å². The summed E-state index contributed by atoms with van der Waals surface area (Å²) in [6.45, 7) is 8.13. The molecular weight excluding hydrogens is 280 g/mol. The minimum atomic E-state index is -3.71. The first-order valence-electron chi connectivity index (χ1n) is 7.17. The highest BCUT2D eigenvalue weighted by Crippen LogP contribution is 2.25. The van der Waals surface area contributed by atoms with Crippen molar-refractivity contribution in [1.29, 1.82) is 0 Å². The highest BCUT2D eigenvalue weighted by molar-refractivity contribution is 7.86. The largest absolute Gasteiger partial charge is 0.480 e. The standard InChI is InChI=1S/C13H26N2O4S/c1-5-12(4)15(9-13(16)17)20(18,19)14-7-10(2)6-11(3)8-14/h10-12H,5-9H2,1-4H3,(H,16,17). The lowest BCUT2D eigenvalue weighted by atomic mass is 9.94. The maximum atomic E-state index is 12.7. The van der Waals surface area contributed by atoms with E-state index in [0.29, 0.717) is 31.3 Å². The fourth-order valence-electron chi connectivity index (χ4n) is 2.74. The second kappa shape index (κ2) is 6.87. The van der Waals surface area contributed by atoms with E-state index < -0.39 is 22.7 Å². The Balaban J connectivity index is 2.99. The minimum Gasteiger partial charge on any atom is -0.480 e. The van der Waals surface area contributed by atoms with E-state index in [-0.39, 0.29) is 6.04 Å². The van der Waals surface area contributed by atoms with Crippen LogP contribution in [-0.4, -0.2) is 53.8 Å². The molecule has 0 saturated carbocycles. The van der Waals surface area contributed by atoms with E-state index in [9.17, 15) is 13.2 Å². The third kappa shape index (κ3) is 4.17. The van der Waals surface area contributed by atoms with E-state index in [1.54, 1.807) is 6.92 Å². The molecule has 3 atom stereocenters. The number of hydrogen-bond donors (Lipinski definition) is 1. The van der Waals surface area contributed by atoms with Gasteiger partial charge in [0, 0.05) is 19.1 Å². The molecule has 0 aromatic heterocycles. The zero-order valence-electron chi connectivity index (χ0n) is 12.7. The zero-order chi connectivity index (χ0) is 15.5. The molecule has 7 heteroatoms. The van der Waals surface area contributed by atoms with Crippen LogP contribution < -0.4 is 0 Å². The average Bonchev–Trinajstić information content (AvgIpc) is 2.33. The van der Waals surface area contributed by atoms with Crippen LogP contribution in [0.25, 0.3) is 0 Å². The smallest absolute Gasteiger partial charge is 0.318 e. The highest BCUT2D eigenvalue weighted by atomic mass is 32.2. The summed E-state index contributed by atoms with van der Waals surface area (Å²) < 4.78 is 28.0. The van der Waals surface area contributed by atoms with E-state index >= 15 is 0 Å². The van der Waals surface area contributed by atoms with Crippen LogP contribution in [0.15, 0.2) is 0 Å². The van der Waals surface area contributed by atoms with Gasteiger partial charge in [0.15, 0.2) is 0 Å². The maximum absolute atomic E-state index is 12.7. The van der Waals surface area contributed by atoms with Gasteiger partial charge in [-0.15, -0.1) is 0 Å². The monoisotopic (exact) mass is 306 g/mol. The number of carbonyl (C=O) groups is 1. The average molecular weight is 306 g/mol. The first-order chi connectivity index (χ1) is 9.18. The van der Waals surface area contributed by atoms with Crippen molar-refractivity contribution in [3.63, 3.8) is 0 Å². The fraction of sp³-hybridized carbons (Fsp3) is 0.923. The second-order valence-electron chi connectivity index (χ2n) is 5.97. The van der Waals surface area contributed by atoms with Gasteiger partial charge in [0.25, 0.3) is 10.2 Å². The molecule has 20 heavy (non-hydrogen) atoms. The summed E-state index contributed by atoms with van der Waals surface area (Å²) in [6, 6.07) is -0.316. The van der Waals surface area contributed by atoms with Crippen LogP contribution in [0.1, 0.15) is 40.5 Å². The summed E-state index contributed by atoms with van der Waals surface area (Å²) in [5.74, 6) is -0.513. The molecule has 1 N–H and O–H groups in total. The van der Waals surface area contributed by atoms with Gasteiger partial charge in [-0.25, -0.2) is 0 Å². The van der Waals surface area contributed by atoms with Crippen LogP contribution in [0.5, 0.6) is 0 Å². The Morgan fingerprint density at radius 1 is 1.35 bits per heavy atom. The molecule has 1 aliphatic rings. The van der Waals surface area contributed by atoms with Gasteiger partial charge < -0.3 is 5.11 Å². The quantitative estimate of drug-likeness (QED) is 0.804. The van der Waals surface area contributed by atoms with Crippen molar-refractivity contribution in [3.8, 4) is 0 Å². The van der Waals surface area contributed by atoms with Gasteiger partial charge >= 0.3 is 5.97 Å². The van der Waals surface area contributed by atoms with E-state index in [4.69, 9.17) is 5.11 Å². The molecule has 1 fully saturated rings. The third-order valence-electron chi connectivity index (χ3n) is 3.83. The Morgan fingerprint density at radius 3 is 2.25 bits per heavy atom. The van der Waals surface area contributed by atoms with Crippen LogP contribution >= 0.6 is 0 Å². The Hall–Kier alpha value is -0.660. The van der Waals surface area contributed by atoms with Crippen LogP contribution in [0, 0.1) is 11.8 Å². The van der Waals surface area contributed by atoms with E-state index in [0.717, 1.165) is 10.7 Å². The topological polar surface area (TPSA) is 77.9 Å². The van der Waals surface area contributed by atoms with Gasteiger partial charge in [-0.05, 0) is 31.6 Å². The summed E-state index contributed by atoms with van der Waals surface area (Å²) in [5.41, 5.74) is 0. The van der Waals surface area contributed by atoms with Gasteiger partial charge in [-0.3, -0.25) is 4.79 Å². The first kappa shape index (κ1) is 17.4. The molecule has 1 heterocycles. The van der Waals surface area contributed by atoms with Gasteiger partial charge in [-0.1, -0.05) is 20.8 Å². The number of rotatable bonds is 6. The van der Waals surface area contributed by atoms with E-state index in [1.165, 1.54) is 4.31 Å². The number of carboxylic acid groups (broad SMARTS) is 1. The molecular formula is C13H26N2O4S. The molecule has 1 rings (SSSR count). The number of hydrogen-bond acceptors (Lipinski definition) is 3. The minimum absolute atomic E-state index is 0.303. The van der Waals surface area contributed by atoms with Crippen molar-refractivity contribution in [2.75, 3.05) is 19.6 Å². The zero-order valence-corrected chi connectivity index (χ0v) is 13.6. The predicted molar refractivity (Wildman–Crippen MR) is 77.5 cm³/mol. The normalized spacial score (nSPS) is 26.6. The molecule has 1 aliphatic heterocycles. The molecule has 0 aromatic carbocycles. The van der Waals surface area contributed by atoms with Crippen molar-refractivity contribution in [1.82, 2.24) is 8.61 Å². The summed E-state index contributed by atoms with van der Waals surface area (Å²) in [6.07, 6.45) is 1.60. The van der Waals surface area contributed by atoms with Crippen molar-refractivity contribution in [2.24, 2.45) is 11.8 Å². The number of piperidine rings is 1. The molecule has 0 aliphatic carbocycles. The fourth-order valence-corrected chi connectivity index (χ4v) is 4.80. The van der Waals surface area contributed by atoms with E-state index in [2.05, 4.69) is 0 Å². The maximum Gasteiger partial charge on any atom is 0.318 e. The molecule has 0 aromatic rings. The molecule has 0 amide bonds. The van der Waals surface area contributed by atoms with E-state index in [1.807, 2.05) is 20.8 Å². The summed E-state index contributed by atoms with van der Waals surface area (Å²) in [7, 11) is -3.71. The molecule has 1 saturated heterocycles. The summed E-state index contributed by atoms with van der Waals surface area (Å²) in [5, 5.41) is 8.97. The Morgan fingerprint density at radius 2 is 1.85 bits per heavy atom. The van der Waals surface area contributed by atoms with Crippen LogP contribution in [0.4, 0.5) is 0 Å². The lowest BCUT2D eigenvalue weighted by Gasteiger charge is -2.38. The lowest BCUT2D eigenvalue weighted by Crippen LogP contribution is -2.53. The molecule has 3 unspecified atom stereocenters. The second-order valence-corrected chi connectivity index (χ2v) is 7.85. The van der Waals surface area contributed by atoms with Crippen LogP contribution in [-0.2, 0) is 15.0 Å². The van der Waals surface area contributed by atoms with Crippen LogP contribution in [0.2, 0.25) is 0 Å². The number of nitrogens with zero attached hydrogens (tertiary/aromatic N) is 2. The van der Waals surface area contributed by atoms with Crippen molar-refractivity contribution >= 4 is 16.2 Å². The Bertz CT molecular complexity index is 428. The van der Waals surface area contributed by atoms with Crippen LogP contribution in [0.3, 0.4) is 0 Å². The summed E-state index contributed by atoms with van der Waals surface area (Å²) >= 11 is 0. The molecule has 0 spiro atoms. The SMILES string of the molecule is CCC(C)N(CC(=O)O)S(=O)(=O)N1CC(C)CC(C)C1.